The van der Waals surface area contributed by atoms with E-state index in [1.807, 2.05) is 46.8 Å². The first-order valence-corrected chi connectivity index (χ1v) is 16.5. The Bertz CT molecular complexity index is 2400. The first-order valence-electron chi connectivity index (χ1n) is 16.5. The number of aromatic nitrogens is 5. The lowest BCUT2D eigenvalue weighted by Crippen LogP contribution is -2.37. The number of imidazole rings is 1. The van der Waals surface area contributed by atoms with Gasteiger partial charge in [0, 0.05) is 59.8 Å². The number of piperidine rings is 1. The number of carboxylic acid groups (broad SMARTS) is 1. The van der Waals surface area contributed by atoms with Crippen LogP contribution in [0.3, 0.4) is 0 Å². The van der Waals surface area contributed by atoms with Crippen molar-refractivity contribution in [2.24, 2.45) is 18.9 Å². The van der Waals surface area contributed by atoms with Gasteiger partial charge < -0.3 is 28.9 Å². The number of aromatic amines is 1. The predicted octanol–water partition coefficient (Wildman–Crippen LogP) is 5.84. The largest absolute Gasteiger partial charge is 0.494 e. The van der Waals surface area contributed by atoms with E-state index in [0.717, 1.165) is 66.8 Å². The Kier molecular flexibility index (Phi) is 6.31. The predicted molar refractivity (Wildman–Crippen MR) is 181 cm³/mol. The number of methoxy groups -OCH3 is 1. The van der Waals surface area contributed by atoms with Crippen LogP contribution in [0.4, 0.5) is 0 Å². The lowest BCUT2D eigenvalue weighted by molar-refractivity contribution is 0.0689. The van der Waals surface area contributed by atoms with Crippen molar-refractivity contribution in [3.8, 4) is 28.5 Å². The maximum Gasteiger partial charge on any atom is 0.341 e. The SMILES string of the molecule is COc1cc(C(=O)N2CC3CCC2C3)cc2nc(-c3cc4ccc(-c5ccc6[nH]cc(C(=O)O)c(=O)c6c5)nc4n3CC3CC3)n(C)c12. The molecule has 2 unspecified atom stereocenters. The van der Waals surface area contributed by atoms with Gasteiger partial charge in [-0.3, -0.25) is 9.59 Å². The number of carbonyl (C=O) groups is 2. The zero-order chi connectivity index (χ0) is 32.8. The van der Waals surface area contributed by atoms with Gasteiger partial charge in [0.25, 0.3) is 5.91 Å². The highest BCUT2D eigenvalue weighted by molar-refractivity contribution is 6.00. The normalized spacial score (nSPS) is 18.8. The molecule has 2 saturated carbocycles. The van der Waals surface area contributed by atoms with E-state index in [0.29, 0.717) is 56.9 Å². The van der Waals surface area contributed by atoms with E-state index in [1.165, 1.54) is 12.6 Å². The van der Waals surface area contributed by atoms with Crippen LogP contribution in [0.1, 0.15) is 52.8 Å². The van der Waals surface area contributed by atoms with Crippen LogP contribution in [0.5, 0.6) is 5.75 Å². The van der Waals surface area contributed by atoms with Gasteiger partial charge in [-0.1, -0.05) is 6.07 Å². The highest BCUT2D eigenvalue weighted by Crippen LogP contribution is 2.40. The van der Waals surface area contributed by atoms with E-state index in [1.54, 1.807) is 19.2 Å². The molecule has 0 radical (unpaired) electrons. The number of ether oxygens (including phenoxy) is 1. The van der Waals surface area contributed by atoms with E-state index in [9.17, 15) is 19.5 Å². The van der Waals surface area contributed by atoms with Gasteiger partial charge in [0.15, 0.2) is 5.82 Å². The maximum absolute atomic E-state index is 13.7. The van der Waals surface area contributed by atoms with Gasteiger partial charge in [0.05, 0.1) is 24.0 Å². The summed E-state index contributed by atoms with van der Waals surface area (Å²) in [6.45, 7) is 1.61. The highest BCUT2D eigenvalue weighted by Gasteiger charge is 2.40. The van der Waals surface area contributed by atoms with Crippen molar-refractivity contribution in [2.75, 3.05) is 13.7 Å². The lowest BCUT2D eigenvalue weighted by atomic mass is 10.1. The van der Waals surface area contributed by atoms with E-state index in [-0.39, 0.29) is 11.5 Å². The van der Waals surface area contributed by atoms with Crippen LogP contribution >= 0.6 is 0 Å². The van der Waals surface area contributed by atoms with Crippen LogP contribution in [-0.4, -0.2) is 65.7 Å². The zero-order valence-electron chi connectivity index (χ0n) is 26.7. The van der Waals surface area contributed by atoms with Crippen LogP contribution < -0.4 is 10.2 Å². The van der Waals surface area contributed by atoms with Gasteiger partial charge in [-0.25, -0.2) is 14.8 Å². The number of carboxylic acids is 1. The molecule has 0 spiro atoms. The number of fused-ring (bicyclic) bond motifs is 5. The molecule has 9 rings (SSSR count). The number of hydrogen-bond donors (Lipinski definition) is 2. The van der Waals surface area contributed by atoms with E-state index >= 15 is 0 Å². The topological polar surface area (TPSA) is 135 Å². The summed E-state index contributed by atoms with van der Waals surface area (Å²) in [4.78, 5) is 53.4. The van der Waals surface area contributed by atoms with Gasteiger partial charge in [-0.2, -0.15) is 0 Å². The molecule has 2 N–H and O–H groups in total. The summed E-state index contributed by atoms with van der Waals surface area (Å²) in [6, 6.07) is 15.5. The number of nitrogens with zero attached hydrogens (tertiary/aromatic N) is 5. The Balaban J connectivity index is 1.16. The monoisotopic (exact) mass is 642 g/mol. The Labute approximate surface area is 274 Å². The first-order chi connectivity index (χ1) is 23.3. The molecule has 5 heterocycles. The molecule has 3 aliphatic rings. The number of benzene rings is 2. The molecule has 4 aromatic heterocycles. The van der Waals surface area contributed by atoms with Crippen LogP contribution in [0.15, 0.2) is 59.5 Å². The summed E-state index contributed by atoms with van der Waals surface area (Å²) in [5, 5.41) is 10.7. The smallest absolute Gasteiger partial charge is 0.341 e. The molecule has 2 atom stereocenters. The molecule has 11 heteroatoms. The minimum absolute atomic E-state index is 0.0454. The van der Waals surface area contributed by atoms with Crippen molar-refractivity contribution in [3.63, 3.8) is 0 Å². The number of amides is 1. The van der Waals surface area contributed by atoms with Gasteiger partial charge in [-0.15, -0.1) is 0 Å². The molecule has 242 valence electrons. The fourth-order valence-corrected chi connectivity index (χ4v) is 7.91. The number of nitrogens with one attached hydrogen (secondary N) is 1. The summed E-state index contributed by atoms with van der Waals surface area (Å²) in [6.07, 6.45) is 6.92. The van der Waals surface area contributed by atoms with Crippen molar-refractivity contribution in [2.45, 2.75) is 44.7 Å². The number of aryl methyl sites for hydroxylation is 1. The van der Waals surface area contributed by atoms with Crippen molar-refractivity contribution in [1.82, 2.24) is 29.0 Å². The Morgan fingerprint density at radius 3 is 2.62 bits per heavy atom. The third-order valence-electron chi connectivity index (χ3n) is 10.6. The Morgan fingerprint density at radius 1 is 1.04 bits per heavy atom. The Morgan fingerprint density at radius 2 is 1.90 bits per heavy atom. The number of rotatable bonds is 7. The molecular formula is C37H34N6O5. The minimum Gasteiger partial charge on any atom is -0.494 e. The maximum atomic E-state index is 13.7. The summed E-state index contributed by atoms with van der Waals surface area (Å²) < 4.78 is 10.1. The summed E-state index contributed by atoms with van der Waals surface area (Å²) in [7, 11) is 3.61. The Hall–Kier alpha value is -5.45. The third kappa shape index (κ3) is 4.44. The van der Waals surface area contributed by atoms with Gasteiger partial charge >= 0.3 is 5.97 Å². The van der Waals surface area contributed by atoms with Crippen molar-refractivity contribution >= 4 is 44.8 Å². The lowest BCUT2D eigenvalue weighted by Gasteiger charge is -2.27. The van der Waals surface area contributed by atoms with E-state index in [2.05, 4.69) is 15.6 Å². The van der Waals surface area contributed by atoms with E-state index < -0.39 is 11.4 Å². The molecule has 2 aliphatic carbocycles. The number of carbonyl (C=O) groups excluding carboxylic acids is 1. The molecule has 3 fully saturated rings. The standard InChI is InChI=1S/C37H34N6O5/c1-41-32-29(13-23(15-31(32)48-2)36(45)42-18-20-5-8-24(42)11-20)40-35(41)30-14-22-7-9-27(39-34(22)43(30)17-19-3-4-19)21-6-10-28-25(12-21)33(44)26(16-38-28)37(46)47/h6-7,9-10,12-16,19-20,24H,3-5,8,11,17-18H2,1-2H3,(H,38,44)(H,46,47). The minimum atomic E-state index is -1.27. The fraction of sp³-hybridized carbons (Fsp3) is 0.324. The van der Waals surface area contributed by atoms with Crippen LogP contribution in [0.25, 0.3) is 55.7 Å². The number of aromatic carboxylic acids is 1. The third-order valence-corrected chi connectivity index (χ3v) is 10.6. The molecule has 1 saturated heterocycles. The van der Waals surface area contributed by atoms with Crippen LogP contribution in [-0.2, 0) is 13.6 Å². The molecule has 2 aromatic carbocycles. The fourth-order valence-electron chi connectivity index (χ4n) is 7.91. The van der Waals surface area contributed by atoms with Gasteiger partial charge in [-0.05, 0) is 86.4 Å². The van der Waals surface area contributed by atoms with Crippen molar-refractivity contribution in [1.29, 1.82) is 0 Å². The molecule has 1 aliphatic heterocycles. The summed E-state index contributed by atoms with van der Waals surface area (Å²) >= 11 is 0. The van der Waals surface area contributed by atoms with Gasteiger partial charge in [0.1, 0.15) is 22.5 Å². The molecule has 6 aromatic rings. The number of pyridine rings is 2. The van der Waals surface area contributed by atoms with Gasteiger partial charge in [0.2, 0.25) is 5.43 Å². The number of hydrogen-bond acceptors (Lipinski definition) is 6. The second-order valence-electron chi connectivity index (χ2n) is 13.6. The van der Waals surface area contributed by atoms with E-state index in [4.69, 9.17) is 14.7 Å². The summed E-state index contributed by atoms with van der Waals surface area (Å²) in [5.41, 5.74) is 4.98. The second kappa shape index (κ2) is 10.5. The average Bonchev–Trinajstić information content (AvgIpc) is 3.37. The molecular weight excluding hydrogens is 608 g/mol. The second-order valence-corrected chi connectivity index (χ2v) is 13.6. The van der Waals surface area contributed by atoms with Crippen molar-refractivity contribution < 1.29 is 19.4 Å². The first kappa shape index (κ1) is 28.7. The van der Waals surface area contributed by atoms with Crippen molar-refractivity contribution in [3.05, 3.63) is 76.1 Å². The van der Waals surface area contributed by atoms with Crippen LogP contribution in [0, 0.1) is 11.8 Å². The quantitative estimate of drug-likeness (QED) is 0.223. The van der Waals surface area contributed by atoms with Crippen LogP contribution in [0.2, 0.25) is 0 Å². The molecule has 11 nitrogen and oxygen atoms in total. The average molecular weight is 643 g/mol. The number of H-pyrrole nitrogens is 1. The summed E-state index contributed by atoms with van der Waals surface area (Å²) in [5.74, 6) is 1.30. The molecule has 2 bridgehead atoms. The molecule has 48 heavy (non-hydrogen) atoms. The zero-order valence-corrected chi connectivity index (χ0v) is 26.7. The number of likely N-dealkylation sites (tertiary alicyclic amines) is 1. The highest BCUT2D eigenvalue weighted by atomic mass is 16.5. The molecule has 1 amide bonds.